The molecule has 0 bridgehead atoms. The highest BCUT2D eigenvalue weighted by molar-refractivity contribution is 7.09. The summed E-state index contributed by atoms with van der Waals surface area (Å²) in [5, 5.41) is 6.93. The third-order valence-corrected chi connectivity index (χ3v) is 4.65. The molecular formula is C12H20N2S. The zero-order chi connectivity index (χ0) is 10.8. The molecule has 1 aromatic heterocycles. The van der Waals surface area contributed by atoms with Crippen LogP contribution in [0.15, 0.2) is 5.38 Å². The van der Waals surface area contributed by atoms with Crippen molar-refractivity contribution in [2.45, 2.75) is 45.1 Å². The van der Waals surface area contributed by atoms with Crippen LogP contribution in [0.2, 0.25) is 0 Å². The predicted molar refractivity (Wildman–Crippen MR) is 65.5 cm³/mol. The number of hydrogen-bond donors (Lipinski definition) is 1. The summed E-state index contributed by atoms with van der Waals surface area (Å²) in [5.41, 5.74) is 1.17. The number of aromatic nitrogens is 1. The largest absolute Gasteiger partial charge is 0.317 e. The van der Waals surface area contributed by atoms with Crippen molar-refractivity contribution in [1.29, 1.82) is 0 Å². The Hall–Kier alpha value is -0.410. The molecule has 0 aromatic carbocycles. The van der Waals surface area contributed by atoms with Crippen molar-refractivity contribution in [3.05, 3.63) is 16.1 Å². The van der Waals surface area contributed by atoms with Crippen LogP contribution in [0, 0.1) is 12.8 Å². The number of rotatable bonds is 2. The van der Waals surface area contributed by atoms with Crippen molar-refractivity contribution >= 4 is 11.3 Å². The van der Waals surface area contributed by atoms with Crippen LogP contribution in [-0.2, 0) is 0 Å². The molecule has 3 atom stereocenters. The summed E-state index contributed by atoms with van der Waals surface area (Å²) in [6.45, 7) is 4.45. The van der Waals surface area contributed by atoms with Gasteiger partial charge in [-0.05, 0) is 39.2 Å². The van der Waals surface area contributed by atoms with Gasteiger partial charge in [0.25, 0.3) is 0 Å². The van der Waals surface area contributed by atoms with Gasteiger partial charge in [0.15, 0.2) is 0 Å². The maximum Gasteiger partial charge on any atom is 0.0962 e. The molecule has 1 aromatic rings. The summed E-state index contributed by atoms with van der Waals surface area (Å²) in [6, 6.07) is 0.690. The minimum Gasteiger partial charge on any atom is -0.317 e. The molecule has 1 heterocycles. The van der Waals surface area contributed by atoms with Gasteiger partial charge in [0.2, 0.25) is 0 Å². The first kappa shape index (κ1) is 11.1. The Balaban J connectivity index is 2.12. The molecule has 1 aliphatic rings. The molecule has 0 saturated heterocycles. The quantitative estimate of drug-likeness (QED) is 0.835. The van der Waals surface area contributed by atoms with E-state index in [1.807, 2.05) is 11.3 Å². The van der Waals surface area contributed by atoms with E-state index in [1.165, 1.54) is 30.0 Å². The van der Waals surface area contributed by atoms with Crippen LogP contribution in [0.25, 0.3) is 0 Å². The molecule has 1 fully saturated rings. The first-order valence-electron chi connectivity index (χ1n) is 5.80. The minimum atomic E-state index is 0.676. The lowest BCUT2D eigenvalue weighted by molar-refractivity contribution is 0.276. The number of nitrogens with one attached hydrogen (secondary N) is 1. The summed E-state index contributed by atoms with van der Waals surface area (Å²) in [7, 11) is 2.07. The SMILES string of the molecule is CNC1CCC(C)C(c2nc(C)cs2)C1. The predicted octanol–water partition coefficient (Wildman–Crippen LogP) is 2.94. The van der Waals surface area contributed by atoms with E-state index >= 15 is 0 Å². The lowest BCUT2D eigenvalue weighted by atomic mass is 9.78. The summed E-state index contributed by atoms with van der Waals surface area (Å²) < 4.78 is 0. The van der Waals surface area contributed by atoms with Crippen molar-refractivity contribution in [2.24, 2.45) is 5.92 Å². The molecule has 15 heavy (non-hydrogen) atoms. The van der Waals surface area contributed by atoms with E-state index < -0.39 is 0 Å². The van der Waals surface area contributed by atoms with Crippen LogP contribution in [0.3, 0.4) is 0 Å². The fourth-order valence-corrected chi connectivity index (χ4v) is 3.51. The van der Waals surface area contributed by atoms with Crippen molar-refractivity contribution in [2.75, 3.05) is 7.05 Å². The molecule has 0 radical (unpaired) electrons. The Morgan fingerprint density at radius 1 is 1.47 bits per heavy atom. The molecule has 84 valence electrons. The topological polar surface area (TPSA) is 24.9 Å². The van der Waals surface area contributed by atoms with Crippen LogP contribution in [0.4, 0.5) is 0 Å². The van der Waals surface area contributed by atoms with Gasteiger partial charge >= 0.3 is 0 Å². The summed E-state index contributed by atoms with van der Waals surface area (Å²) in [6.07, 6.45) is 3.90. The average Bonchev–Trinajstić information content (AvgIpc) is 2.65. The highest BCUT2D eigenvalue weighted by atomic mass is 32.1. The van der Waals surface area contributed by atoms with Gasteiger partial charge in [-0.15, -0.1) is 11.3 Å². The second-order valence-corrected chi connectivity index (χ2v) is 5.60. The van der Waals surface area contributed by atoms with Gasteiger partial charge in [-0.1, -0.05) is 6.92 Å². The molecule has 3 unspecified atom stereocenters. The van der Waals surface area contributed by atoms with Gasteiger partial charge in [-0.2, -0.15) is 0 Å². The van der Waals surface area contributed by atoms with Gasteiger partial charge in [0, 0.05) is 23.0 Å². The zero-order valence-corrected chi connectivity index (χ0v) is 10.6. The van der Waals surface area contributed by atoms with Crippen LogP contribution >= 0.6 is 11.3 Å². The second-order valence-electron chi connectivity index (χ2n) is 4.71. The molecule has 0 aliphatic heterocycles. The molecule has 2 rings (SSSR count). The lowest BCUT2D eigenvalue weighted by Crippen LogP contribution is -2.33. The van der Waals surface area contributed by atoms with Gasteiger partial charge in [0.1, 0.15) is 0 Å². The van der Waals surface area contributed by atoms with Gasteiger partial charge in [0.05, 0.1) is 5.01 Å². The third-order valence-electron chi connectivity index (χ3n) is 3.56. The average molecular weight is 224 g/mol. The molecule has 1 saturated carbocycles. The molecular weight excluding hydrogens is 204 g/mol. The van der Waals surface area contributed by atoms with E-state index in [9.17, 15) is 0 Å². The van der Waals surface area contributed by atoms with Gasteiger partial charge in [-0.3, -0.25) is 0 Å². The number of hydrogen-bond acceptors (Lipinski definition) is 3. The maximum atomic E-state index is 4.64. The molecule has 0 spiro atoms. The summed E-state index contributed by atoms with van der Waals surface area (Å²) >= 11 is 1.83. The van der Waals surface area contributed by atoms with Crippen molar-refractivity contribution in [3.63, 3.8) is 0 Å². The summed E-state index contributed by atoms with van der Waals surface area (Å²) in [5.74, 6) is 1.47. The number of nitrogens with zero attached hydrogens (tertiary/aromatic N) is 1. The van der Waals surface area contributed by atoms with Crippen LogP contribution in [-0.4, -0.2) is 18.1 Å². The van der Waals surface area contributed by atoms with Crippen LogP contribution in [0.1, 0.15) is 42.8 Å². The number of thiazole rings is 1. The van der Waals surface area contributed by atoms with E-state index in [4.69, 9.17) is 0 Å². The third kappa shape index (κ3) is 2.40. The smallest absolute Gasteiger partial charge is 0.0962 e. The van der Waals surface area contributed by atoms with Gasteiger partial charge in [-0.25, -0.2) is 4.98 Å². The van der Waals surface area contributed by atoms with Crippen molar-refractivity contribution < 1.29 is 0 Å². The Labute approximate surface area is 96.1 Å². The molecule has 2 nitrogen and oxygen atoms in total. The van der Waals surface area contributed by atoms with Gasteiger partial charge < -0.3 is 5.32 Å². The van der Waals surface area contributed by atoms with Crippen molar-refractivity contribution in [3.8, 4) is 0 Å². The van der Waals surface area contributed by atoms with Crippen LogP contribution < -0.4 is 5.32 Å². The Morgan fingerprint density at radius 2 is 2.27 bits per heavy atom. The Morgan fingerprint density at radius 3 is 2.87 bits per heavy atom. The van der Waals surface area contributed by atoms with E-state index in [0.29, 0.717) is 12.0 Å². The normalized spacial score (nSPS) is 31.8. The Bertz CT molecular complexity index is 321. The highest BCUT2D eigenvalue weighted by Crippen LogP contribution is 2.38. The van der Waals surface area contributed by atoms with E-state index in [2.05, 4.69) is 36.6 Å². The monoisotopic (exact) mass is 224 g/mol. The standard InChI is InChI=1S/C12H20N2S/c1-8-4-5-10(13-3)6-11(8)12-14-9(2)7-15-12/h7-8,10-11,13H,4-6H2,1-3H3. The van der Waals surface area contributed by atoms with Crippen LogP contribution in [0.5, 0.6) is 0 Å². The summed E-state index contributed by atoms with van der Waals surface area (Å²) in [4.78, 5) is 4.64. The first-order valence-corrected chi connectivity index (χ1v) is 6.68. The second kappa shape index (κ2) is 4.62. The molecule has 1 N–H and O–H groups in total. The fraction of sp³-hybridized carbons (Fsp3) is 0.750. The molecule has 3 heteroatoms. The zero-order valence-electron chi connectivity index (χ0n) is 9.79. The van der Waals surface area contributed by atoms with E-state index in [-0.39, 0.29) is 0 Å². The number of aryl methyl sites for hydroxylation is 1. The van der Waals surface area contributed by atoms with E-state index in [0.717, 1.165) is 5.92 Å². The van der Waals surface area contributed by atoms with E-state index in [1.54, 1.807) is 0 Å². The molecule has 1 aliphatic carbocycles. The van der Waals surface area contributed by atoms with Crippen molar-refractivity contribution in [1.82, 2.24) is 10.3 Å². The fourth-order valence-electron chi connectivity index (χ4n) is 2.47. The minimum absolute atomic E-state index is 0.676. The molecule has 0 amide bonds. The first-order chi connectivity index (χ1) is 7.20. The Kier molecular flexibility index (Phi) is 3.42. The maximum absolute atomic E-state index is 4.64. The highest BCUT2D eigenvalue weighted by Gasteiger charge is 2.29. The lowest BCUT2D eigenvalue weighted by Gasteiger charge is -2.32.